The lowest BCUT2D eigenvalue weighted by atomic mass is 10.0. The molecule has 0 aromatic heterocycles. The minimum absolute atomic E-state index is 0.00159. The molecule has 0 radical (unpaired) electrons. The monoisotopic (exact) mass is 548 g/mol. The Kier molecular flexibility index (Phi) is 8.61. The molecule has 0 aliphatic heterocycles. The summed E-state index contributed by atoms with van der Waals surface area (Å²) in [6.07, 6.45) is 5.06. The van der Waals surface area contributed by atoms with Crippen LogP contribution >= 0.6 is 0 Å². The fraction of sp³-hybridized carbons (Fsp3) is 0.200. The van der Waals surface area contributed by atoms with E-state index in [0.717, 1.165) is 27.2 Å². The Hall–Kier alpha value is -4.24. The highest BCUT2D eigenvalue weighted by Crippen LogP contribution is 2.44. The lowest BCUT2D eigenvalue weighted by Gasteiger charge is -2.12. The number of allylic oxidation sites excluding steroid dienone is 2. The third-order valence-electron chi connectivity index (χ3n) is 6.45. The standard InChI is InChI=1S/C30H29FN2O5S/c1-18-24(12-19-6-9-22(10-7-19)39(5)35)23-11-8-20(31)13-26(23)25(18)16-30(34)33-32-17-27-28(37-3)14-21(36-2)15-29(27)38-4/h6-15,17H,16H2,1-5H3,(H,33,34)/b24-12-,32-17?. The van der Waals surface area contributed by atoms with E-state index in [0.29, 0.717) is 33.9 Å². The Morgan fingerprint density at radius 3 is 2.23 bits per heavy atom. The van der Waals surface area contributed by atoms with Crippen molar-refractivity contribution in [2.75, 3.05) is 27.6 Å². The van der Waals surface area contributed by atoms with Gasteiger partial charge in [-0.3, -0.25) is 9.00 Å². The van der Waals surface area contributed by atoms with Gasteiger partial charge < -0.3 is 14.2 Å². The predicted octanol–water partition coefficient (Wildman–Crippen LogP) is 5.46. The number of hydrogen-bond donors (Lipinski definition) is 1. The Morgan fingerprint density at radius 2 is 1.64 bits per heavy atom. The van der Waals surface area contributed by atoms with Gasteiger partial charge in [0, 0.05) is 34.1 Å². The molecule has 3 aromatic rings. The average Bonchev–Trinajstić information content (AvgIpc) is 3.18. The molecule has 7 nitrogen and oxygen atoms in total. The Balaban J connectivity index is 1.59. The van der Waals surface area contributed by atoms with Crippen LogP contribution in [0.15, 0.2) is 70.2 Å². The first-order valence-corrected chi connectivity index (χ1v) is 13.6. The van der Waals surface area contributed by atoms with Crippen molar-refractivity contribution in [3.63, 3.8) is 0 Å². The first-order valence-electron chi connectivity index (χ1n) is 12.0. The number of carbonyl (C=O) groups is 1. The smallest absolute Gasteiger partial charge is 0.244 e. The lowest BCUT2D eigenvalue weighted by Crippen LogP contribution is -2.17. The number of methoxy groups -OCH3 is 3. The maximum atomic E-state index is 14.2. The number of halogens is 1. The summed E-state index contributed by atoms with van der Waals surface area (Å²) in [4.78, 5) is 13.7. The number of hydrazone groups is 1. The van der Waals surface area contributed by atoms with E-state index in [2.05, 4.69) is 10.5 Å². The largest absolute Gasteiger partial charge is 0.496 e. The van der Waals surface area contributed by atoms with Crippen molar-refractivity contribution in [1.82, 2.24) is 5.43 Å². The van der Waals surface area contributed by atoms with Gasteiger partial charge in [0.2, 0.25) is 5.91 Å². The summed E-state index contributed by atoms with van der Waals surface area (Å²) in [6.45, 7) is 1.91. The van der Waals surface area contributed by atoms with E-state index in [-0.39, 0.29) is 18.1 Å². The minimum Gasteiger partial charge on any atom is -0.496 e. The Bertz CT molecular complexity index is 1500. The van der Waals surface area contributed by atoms with Crippen molar-refractivity contribution in [2.24, 2.45) is 5.10 Å². The minimum atomic E-state index is -1.07. The summed E-state index contributed by atoms with van der Waals surface area (Å²) in [6, 6.07) is 15.4. The first kappa shape index (κ1) is 27.8. The first-order chi connectivity index (χ1) is 18.7. The van der Waals surface area contributed by atoms with Gasteiger partial charge in [-0.2, -0.15) is 5.10 Å². The van der Waals surface area contributed by atoms with Crippen molar-refractivity contribution >= 4 is 40.1 Å². The molecule has 1 aliphatic rings. The zero-order valence-electron chi connectivity index (χ0n) is 22.3. The summed E-state index contributed by atoms with van der Waals surface area (Å²) >= 11 is 0. The molecule has 0 fully saturated rings. The number of fused-ring (bicyclic) bond motifs is 1. The summed E-state index contributed by atoms with van der Waals surface area (Å²) in [5.41, 5.74) is 7.99. The zero-order valence-corrected chi connectivity index (χ0v) is 23.1. The van der Waals surface area contributed by atoms with Crippen LogP contribution in [0.2, 0.25) is 0 Å². The number of ether oxygens (including phenoxy) is 3. The van der Waals surface area contributed by atoms with E-state index in [4.69, 9.17) is 14.2 Å². The van der Waals surface area contributed by atoms with E-state index >= 15 is 0 Å². The molecular formula is C30H29FN2O5S. The molecule has 0 spiro atoms. The van der Waals surface area contributed by atoms with Gasteiger partial charge in [-0.1, -0.05) is 18.2 Å². The fourth-order valence-electron chi connectivity index (χ4n) is 4.43. The fourth-order valence-corrected chi connectivity index (χ4v) is 4.95. The predicted molar refractivity (Wildman–Crippen MR) is 152 cm³/mol. The van der Waals surface area contributed by atoms with E-state index in [1.54, 1.807) is 24.5 Å². The average molecular weight is 549 g/mol. The second-order valence-corrected chi connectivity index (χ2v) is 10.2. The summed E-state index contributed by atoms with van der Waals surface area (Å²) in [7, 11) is 3.50. The molecule has 39 heavy (non-hydrogen) atoms. The number of benzene rings is 3. The van der Waals surface area contributed by atoms with E-state index in [1.807, 2.05) is 37.3 Å². The Labute approximate surface area is 229 Å². The molecule has 4 rings (SSSR count). The SMILES string of the molecule is COc1cc(OC)c(C=NNC(=O)CC2=C(C)/C(=C/c3ccc(S(C)=O)cc3)c3ccc(F)cc32)c(OC)c1. The van der Waals surface area contributed by atoms with Gasteiger partial charge in [-0.05, 0) is 70.7 Å². The van der Waals surface area contributed by atoms with Crippen LogP contribution in [0.5, 0.6) is 17.2 Å². The van der Waals surface area contributed by atoms with Gasteiger partial charge >= 0.3 is 0 Å². The highest BCUT2D eigenvalue weighted by atomic mass is 32.2. The van der Waals surface area contributed by atoms with Crippen LogP contribution in [0.4, 0.5) is 4.39 Å². The van der Waals surface area contributed by atoms with Crippen molar-refractivity contribution in [1.29, 1.82) is 0 Å². The molecule has 1 aliphatic carbocycles. The van der Waals surface area contributed by atoms with Gasteiger partial charge in [-0.15, -0.1) is 0 Å². The highest BCUT2D eigenvalue weighted by Gasteiger charge is 2.26. The van der Waals surface area contributed by atoms with Crippen LogP contribution in [0.25, 0.3) is 17.2 Å². The third kappa shape index (κ3) is 6.09. The molecule has 202 valence electrons. The maximum Gasteiger partial charge on any atom is 0.244 e. The highest BCUT2D eigenvalue weighted by molar-refractivity contribution is 7.84. The topological polar surface area (TPSA) is 86.2 Å². The van der Waals surface area contributed by atoms with Crippen LogP contribution in [0.1, 0.15) is 35.6 Å². The van der Waals surface area contributed by atoms with E-state index in [1.165, 1.54) is 39.7 Å². The van der Waals surface area contributed by atoms with Gasteiger partial charge in [0.05, 0.1) is 39.5 Å². The van der Waals surface area contributed by atoms with Gasteiger partial charge in [0.25, 0.3) is 0 Å². The van der Waals surface area contributed by atoms with E-state index < -0.39 is 10.8 Å². The number of rotatable bonds is 9. The normalized spacial score (nSPS) is 14.5. The van der Waals surface area contributed by atoms with Crippen LogP contribution in [0, 0.1) is 5.82 Å². The van der Waals surface area contributed by atoms with Gasteiger partial charge in [0.15, 0.2) is 0 Å². The van der Waals surface area contributed by atoms with Crippen LogP contribution in [-0.2, 0) is 15.6 Å². The van der Waals surface area contributed by atoms with Crippen molar-refractivity contribution in [3.8, 4) is 17.2 Å². The molecule has 0 heterocycles. The third-order valence-corrected chi connectivity index (χ3v) is 7.39. The molecule has 1 atom stereocenters. The maximum absolute atomic E-state index is 14.2. The number of nitrogens with one attached hydrogen (secondary N) is 1. The number of carbonyl (C=O) groups excluding carboxylic acids is 1. The molecule has 0 saturated carbocycles. The molecule has 9 heteroatoms. The van der Waals surface area contributed by atoms with Gasteiger partial charge in [-0.25, -0.2) is 9.82 Å². The molecule has 0 saturated heterocycles. The molecule has 1 unspecified atom stereocenters. The number of hydrogen-bond acceptors (Lipinski definition) is 6. The molecule has 3 aromatic carbocycles. The second-order valence-electron chi connectivity index (χ2n) is 8.79. The van der Waals surface area contributed by atoms with Crippen molar-refractivity contribution in [3.05, 3.63) is 88.2 Å². The summed E-state index contributed by atoms with van der Waals surface area (Å²) < 4.78 is 42.0. The van der Waals surface area contributed by atoms with Crippen LogP contribution in [0.3, 0.4) is 0 Å². The summed E-state index contributed by atoms with van der Waals surface area (Å²) in [5, 5.41) is 4.10. The molecule has 1 N–H and O–H groups in total. The van der Waals surface area contributed by atoms with Crippen molar-refractivity contribution in [2.45, 2.75) is 18.2 Å². The molecule has 0 bridgehead atoms. The Morgan fingerprint density at radius 1 is 0.974 bits per heavy atom. The van der Waals surface area contributed by atoms with Crippen molar-refractivity contribution < 1.29 is 27.6 Å². The summed E-state index contributed by atoms with van der Waals surface area (Å²) in [5.74, 6) is 0.747. The molecule has 1 amide bonds. The van der Waals surface area contributed by atoms with E-state index in [9.17, 15) is 13.4 Å². The quantitative estimate of drug-likeness (QED) is 0.284. The second kappa shape index (κ2) is 12.1. The number of nitrogens with zero attached hydrogens (tertiary/aromatic N) is 1. The number of amides is 1. The van der Waals surface area contributed by atoms with Gasteiger partial charge in [0.1, 0.15) is 23.1 Å². The van der Waals surface area contributed by atoms with Crippen LogP contribution < -0.4 is 19.6 Å². The molecular weight excluding hydrogens is 519 g/mol. The van der Waals surface area contributed by atoms with Crippen LogP contribution in [-0.4, -0.2) is 43.9 Å². The lowest BCUT2D eigenvalue weighted by molar-refractivity contribution is -0.120. The zero-order chi connectivity index (χ0) is 28.1.